The number of halogens is 2. The Hall–Kier alpha value is -0.120. The van der Waals surface area contributed by atoms with Crippen LogP contribution in [0.1, 0.15) is 66.2 Å². The summed E-state index contributed by atoms with van der Waals surface area (Å²) in [5.41, 5.74) is -0.886. The lowest BCUT2D eigenvalue weighted by Crippen LogP contribution is -2.19. The molecular weight excluding hydrogens is 311 g/mol. The molecule has 0 aromatic heterocycles. The Labute approximate surface area is 138 Å². The number of ether oxygens (including phenoxy) is 1. The summed E-state index contributed by atoms with van der Waals surface area (Å²) in [5, 5.41) is -0.556. The second-order valence-electron chi connectivity index (χ2n) is 6.84. The SMILES string of the molecule is CC(C)(CCCCOCCCCC(C)(C)C(=O)Cl)C(=O)Cl. The molecule has 0 fully saturated rings. The van der Waals surface area contributed by atoms with Crippen molar-refractivity contribution in [1.29, 1.82) is 0 Å². The molecule has 124 valence electrons. The predicted octanol–water partition coefficient (Wildman–Crippen LogP) is 4.93. The molecule has 0 aliphatic heterocycles. The van der Waals surface area contributed by atoms with Gasteiger partial charge in [-0.1, -0.05) is 40.5 Å². The predicted molar refractivity (Wildman–Crippen MR) is 87.8 cm³/mol. The summed E-state index contributed by atoms with van der Waals surface area (Å²) in [6, 6.07) is 0. The van der Waals surface area contributed by atoms with Crippen LogP contribution in [0.3, 0.4) is 0 Å². The van der Waals surface area contributed by atoms with E-state index < -0.39 is 10.8 Å². The van der Waals surface area contributed by atoms with Gasteiger partial charge in [0.05, 0.1) is 0 Å². The molecule has 0 rings (SSSR count). The van der Waals surface area contributed by atoms with Gasteiger partial charge >= 0.3 is 0 Å². The van der Waals surface area contributed by atoms with Gasteiger partial charge < -0.3 is 4.74 Å². The molecular formula is C16H28Cl2O3. The van der Waals surface area contributed by atoms with Crippen molar-refractivity contribution in [3.63, 3.8) is 0 Å². The van der Waals surface area contributed by atoms with E-state index in [0.717, 1.165) is 38.5 Å². The number of rotatable bonds is 12. The van der Waals surface area contributed by atoms with Gasteiger partial charge in [-0.2, -0.15) is 0 Å². The van der Waals surface area contributed by atoms with Crippen LogP contribution in [0.15, 0.2) is 0 Å². The summed E-state index contributed by atoms with van der Waals surface area (Å²) < 4.78 is 5.55. The minimum absolute atomic E-state index is 0.278. The molecule has 0 aromatic rings. The lowest BCUT2D eigenvalue weighted by atomic mass is 9.89. The minimum Gasteiger partial charge on any atom is -0.381 e. The largest absolute Gasteiger partial charge is 0.381 e. The van der Waals surface area contributed by atoms with Crippen LogP contribution in [-0.2, 0) is 14.3 Å². The quantitative estimate of drug-likeness (QED) is 0.374. The van der Waals surface area contributed by atoms with Crippen LogP contribution >= 0.6 is 23.2 Å². The van der Waals surface area contributed by atoms with Gasteiger partial charge in [-0.3, -0.25) is 9.59 Å². The van der Waals surface area contributed by atoms with Crippen molar-refractivity contribution < 1.29 is 14.3 Å². The van der Waals surface area contributed by atoms with Crippen molar-refractivity contribution >= 4 is 33.7 Å². The van der Waals surface area contributed by atoms with Crippen molar-refractivity contribution in [3.8, 4) is 0 Å². The Morgan fingerprint density at radius 1 is 0.762 bits per heavy atom. The van der Waals surface area contributed by atoms with Crippen molar-refractivity contribution in [1.82, 2.24) is 0 Å². The number of carbonyl (C=O) groups excluding carboxylic acids is 2. The maximum absolute atomic E-state index is 11.1. The van der Waals surface area contributed by atoms with Gasteiger partial charge in [-0.15, -0.1) is 0 Å². The van der Waals surface area contributed by atoms with E-state index in [1.165, 1.54) is 0 Å². The van der Waals surface area contributed by atoms with Crippen LogP contribution in [0, 0.1) is 10.8 Å². The van der Waals surface area contributed by atoms with Gasteiger partial charge in [0.15, 0.2) is 0 Å². The highest BCUT2D eigenvalue weighted by Gasteiger charge is 2.25. The van der Waals surface area contributed by atoms with E-state index in [1.807, 2.05) is 27.7 Å². The lowest BCUT2D eigenvalue weighted by Gasteiger charge is -2.19. The molecule has 3 nitrogen and oxygen atoms in total. The summed E-state index contributed by atoms with van der Waals surface area (Å²) in [5.74, 6) is 0. The first-order chi connectivity index (χ1) is 9.59. The van der Waals surface area contributed by atoms with Gasteiger partial charge in [-0.05, 0) is 48.9 Å². The zero-order valence-corrected chi connectivity index (χ0v) is 15.1. The van der Waals surface area contributed by atoms with Crippen LogP contribution in [0.5, 0.6) is 0 Å². The highest BCUT2D eigenvalue weighted by atomic mass is 35.5. The van der Waals surface area contributed by atoms with E-state index in [0.29, 0.717) is 13.2 Å². The van der Waals surface area contributed by atoms with Crippen molar-refractivity contribution in [2.45, 2.75) is 66.2 Å². The first kappa shape index (κ1) is 20.9. The molecule has 0 saturated carbocycles. The Kier molecular flexibility index (Phi) is 9.75. The number of unbranched alkanes of at least 4 members (excludes halogenated alkanes) is 2. The zero-order chi connectivity index (χ0) is 16.5. The Morgan fingerprint density at radius 3 is 1.38 bits per heavy atom. The van der Waals surface area contributed by atoms with E-state index in [9.17, 15) is 9.59 Å². The summed E-state index contributed by atoms with van der Waals surface area (Å²) in [6.45, 7) is 8.85. The summed E-state index contributed by atoms with van der Waals surface area (Å²) in [7, 11) is 0. The van der Waals surface area contributed by atoms with Gasteiger partial charge in [-0.25, -0.2) is 0 Å². The number of hydrogen-bond donors (Lipinski definition) is 0. The smallest absolute Gasteiger partial charge is 0.227 e. The molecule has 0 aliphatic carbocycles. The number of carbonyl (C=O) groups is 2. The fourth-order valence-corrected chi connectivity index (χ4v) is 2.03. The highest BCUT2D eigenvalue weighted by molar-refractivity contribution is 6.64. The maximum Gasteiger partial charge on any atom is 0.227 e. The van der Waals surface area contributed by atoms with Crippen molar-refractivity contribution in [2.24, 2.45) is 10.8 Å². The van der Waals surface area contributed by atoms with Gasteiger partial charge in [0.25, 0.3) is 0 Å². The van der Waals surface area contributed by atoms with Crippen molar-refractivity contribution in [3.05, 3.63) is 0 Å². The first-order valence-corrected chi connectivity index (χ1v) is 8.33. The fraction of sp³-hybridized carbons (Fsp3) is 0.875. The molecule has 0 aromatic carbocycles. The standard InChI is InChI=1S/C16H28Cl2O3/c1-15(2,13(17)19)9-5-7-11-21-12-8-6-10-16(3,4)14(18)20/h5-12H2,1-4H3. The third-order valence-corrected chi connectivity index (χ3v) is 4.77. The average molecular weight is 339 g/mol. The van der Waals surface area contributed by atoms with E-state index >= 15 is 0 Å². The Bertz CT molecular complexity index is 306. The molecule has 21 heavy (non-hydrogen) atoms. The maximum atomic E-state index is 11.1. The van der Waals surface area contributed by atoms with Crippen LogP contribution in [0.25, 0.3) is 0 Å². The van der Waals surface area contributed by atoms with Crippen molar-refractivity contribution in [2.75, 3.05) is 13.2 Å². The number of hydrogen-bond acceptors (Lipinski definition) is 3. The normalized spacial score (nSPS) is 12.5. The Balaban J connectivity index is 3.50. The monoisotopic (exact) mass is 338 g/mol. The van der Waals surface area contributed by atoms with Crippen LogP contribution in [0.2, 0.25) is 0 Å². The molecule has 0 unspecified atom stereocenters. The molecule has 0 radical (unpaired) electrons. The van der Waals surface area contributed by atoms with E-state index in [1.54, 1.807) is 0 Å². The molecule has 0 aliphatic rings. The van der Waals surface area contributed by atoms with Crippen LogP contribution < -0.4 is 0 Å². The summed E-state index contributed by atoms with van der Waals surface area (Å²) in [6.07, 6.45) is 5.28. The summed E-state index contributed by atoms with van der Waals surface area (Å²) >= 11 is 11.0. The Morgan fingerprint density at radius 2 is 1.10 bits per heavy atom. The molecule has 0 N–H and O–H groups in total. The van der Waals surface area contributed by atoms with Gasteiger partial charge in [0, 0.05) is 24.0 Å². The zero-order valence-electron chi connectivity index (χ0n) is 13.6. The third-order valence-electron chi connectivity index (χ3n) is 3.75. The molecule has 0 spiro atoms. The first-order valence-electron chi connectivity index (χ1n) is 7.57. The molecule has 0 saturated heterocycles. The topological polar surface area (TPSA) is 43.4 Å². The van der Waals surface area contributed by atoms with Gasteiger partial charge in [0.1, 0.15) is 0 Å². The van der Waals surface area contributed by atoms with Gasteiger partial charge in [0.2, 0.25) is 10.5 Å². The summed E-state index contributed by atoms with van der Waals surface area (Å²) in [4.78, 5) is 22.3. The highest BCUT2D eigenvalue weighted by Crippen LogP contribution is 2.27. The molecule has 0 amide bonds. The minimum atomic E-state index is -0.443. The van der Waals surface area contributed by atoms with E-state index in [2.05, 4.69) is 0 Å². The molecule has 0 atom stereocenters. The van der Waals surface area contributed by atoms with E-state index in [-0.39, 0.29) is 10.5 Å². The van der Waals surface area contributed by atoms with Crippen LogP contribution in [0.4, 0.5) is 0 Å². The molecule has 0 bridgehead atoms. The van der Waals surface area contributed by atoms with E-state index in [4.69, 9.17) is 27.9 Å². The third kappa shape index (κ3) is 9.49. The fourth-order valence-electron chi connectivity index (χ4n) is 1.84. The second kappa shape index (κ2) is 9.81. The molecule has 0 heterocycles. The average Bonchev–Trinajstić information content (AvgIpc) is 2.36. The second-order valence-corrected chi connectivity index (χ2v) is 7.53. The molecule has 5 heteroatoms. The lowest BCUT2D eigenvalue weighted by molar-refractivity contribution is -0.120. The van der Waals surface area contributed by atoms with Crippen LogP contribution in [-0.4, -0.2) is 23.7 Å².